The van der Waals surface area contributed by atoms with Crippen molar-refractivity contribution in [1.29, 1.82) is 0 Å². The van der Waals surface area contributed by atoms with Crippen LogP contribution < -0.4 is 10.1 Å². The molecule has 5 nitrogen and oxygen atoms in total. The first-order valence-electron chi connectivity index (χ1n) is 10.5. The smallest absolute Gasteiger partial charge is 0.266 e. The fraction of sp³-hybridized carbons (Fsp3) is 0.280. The number of para-hydroxylation sites is 1. The average Bonchev–Trinajstić information content (AvgIpc) is 2.81. The number of piperidine rings is 1. The molecule has 1 aliphatic rings. The molecule has 1 fully saturated rings. The van der Waals surface area contributed by atoms with Gasteiger partial charge in [-0.25, -0.2) is 0 Å². The van der Waals surface area contributed by atoms with Crippen LogP contribution in [0.5, 0.6) is 5.75 Å². The number of nitrogens with zero attached hydrogens (tertiary/aromatic N) is 2. The lowest BCUT2D eigenvalue weighted by molar-refractivity contribution is -0.129. The number of benzene rings is 2. The first kappa shape index (κ1) is 20.1. The molecule has 4 rings (SSSR count). The van der Waals surface area contributed by atoms with Gasteiger partial charge in [-0.1, -0.05) is 54.6 Å². The monoisotopic (exact) mass is 401 g/mol. The summed E-state index contributed by atoms with van der Waals surface area (Å²) in [5.74, 6) is 0.597. The van der Waals surface area contributed by atoms with Gasteiger partial charge in [0, 0.05) is 37.4 Å². The van der Waals surface area contributed by atoms with Gasteiger partial charge < -0.3 is 10.1 Å². The third kappa shape index (κ3) is 5.45. The highest BCUT2D eigenvalue weighted by Crippen LogP contribution is 2.23. The molecule has 1 atom stereocenters. The van der Waals surface area contributed by atoms with Gasteiger partial charge in [0.15, 0.2) is 0 Å². The van der Waals surface area contributed by atoms with Crippen molar-refractivity contribution in [3.8, 4) is 5.75 Å². The minimum atomic E-state index is -0.667. The van der Waals surface area contributed by atoms with Gasteiger partial charge in [0.2, 0.25) is 6.10 Å². The largest absolute Gasteiger partial charge is 0.476 e. The normalized spacial score (nSPS) is 16.0. The molecule has 1 aromatic heterocycles. The molecule has 2 aromatic carbocycles. The first-order chi connectivity index (χ1) is 14.8. The highest BCUT2D eigenvalue weighted by molar-refractivity contribution is 5.82. The van der Waals surface area contributed by atoms with Crippen LogP contribution in [0.2, 0.25) is 0 Å². The molecule has 30 heavy (non-hydrogen) atoms. The summed E-state index contributed by atoms with van der Waals surface area (Å²) in [5.41, 5.74) is 1.94. The van der Waals surface area contributed by atoms with E-state index >= 15 is 0 Å². The van der Waals surface area contributed by atoms with Gasteiger partial charge in [0.05, 0.1) is 5.69 Å². The number of nitrogens with one attached hydrogen (secondary N) is 1. The second kappa shape index (κ2) is 10.0. The second-order valence-electron chi connectivity index (χ2n) is 7.60. The standard InChI is InChI=1S/C25H27N3O2/c29-25(24(20-9-3-1-4-10-20)30-23-12-5-2-6-13-23)27-21-14-17-28(18-15-21)19-22-11-7-8-16-26-22/h1-13,16,21,24H,14-15,17-19H2,(H,27,29). The molecule has 5 heteroatoms. The summed E-state index contributed by atoms with van der Waals surface area (Å²) in [7, 11) is 0. The van der Waals surface area contributed by atoms with E-state index in [4.69, 9.17) is 4.74 Å². The van der Waals surface area contributed by atoms with Crippen molar-refractivity contribution in [2.75, 3.05) is 13.1 Å². The molecular formula is C25H27N3O2. The fourth-order valence-corrected chi connectivity index (χ4v) is 3.77. The Balaban J connectivity index is 1.36. The molecule has 1 unspecified atom stereocenters. The number of amides is 1. The van der Waals surface area contributed by atoms with Crippen LogP contribution in [0.3, 0.4) is 0 Å². The Labute approximate surface area is 177 Å². The molecule has 1 saturated heterocycles. The number of pyridine rings is 1. The summed E-state index contributed by atoms with van der Waals surface area (Å²) in [6.45, 7) is 2.74. The summed E-state index contributed by atoms with van der Waals surface area (Å²) in [5, 5.41) is 3.22. The molecule has 1 N–H and O–H groups in total. The number of hydrogen-bond acceptors (Lipinski definition) is 4. The minimum Gasteiger partial charge on any atom is -0.476 e. The van der Waals surface area contributed by atoms with E-state index in [2.05, 4.69) is 21.3 Å². The van der Waals surface area contributed by atoms with Crippen molar-refractivity contribution in [3.63, 3.8) is 0 Å². The van der Waals surface area contributed by atoms with Crippen LogP contribution in [0.1, 0.15) is 30.2 Å². The predicted molar refractivity (Wildman–Crippen MR) is 117 cm³/mol. The molecule has 0 spiro atoms. The lowest BCUT2D eigenvalue weighted by Gasteiger charge is -2.33. The molecule has 154 valence electrons. The summed E-state index contributed by atoms with van der Waals surface area (Å²) in [6, 6.07) is 25.3. The van der Waals surface area contributed by atoms with E-state index in [0.717, 1.165) is 43.7 Å². The molecule has 0 radical (unpaired) electrons. The van der Waals surface area contributed by atoms with Crippen molar-refractivity contribution < 1.29 is 9.53 Å². The van der Waals surface area contributed by atoms with Crippen molar-refractivity contribution in [1.82, 2.24) is 15.2 Å². The molecule has 1 aliphatic heterocycles. The fourth-order valence-electron chi connectivity index (χ4n) is 3.77. The van der Waals surface area contributed by atoms with Gasteiger partial charge in [-0.15, -0.1) is 0 Å². The van der Waals surface area contributed by atoms with E-state index in [1.54, 1.807) is 0 Å². The summed E-state index contributed by atoms with van der Waals surface area (Å²) in [4.78, 5) is 19.9. The number of aromatic nitrogens is 1. The highest BCUT2D eigenvalue weighted by Gasteiger charge is 2.27. The lowest BCUT2D eigenvalue weighted by atomic mass is 10.0. The number of carbonyl (C=O) groups is 1. The van der Waals surface area contributed by atoms with Gasteiger partial charge in [-0.2, -0.15) is 0 Å². The Kier molecular flexibility index (Phi) is 6.72. The lowest BCUT2D eigenvalue weighted by Crippen LogP contribution is -2.46. The molecule has 2 heterocycles. The SMILES string of the molecule is O=C(NC1CCN(Cc2ccccn2)CC1)C(Oc1ccccc1)c1ccccc1. The molecule has 0 bridgehead atoms. The predicted octanol–water partition coefficient (Wildman–Crippen LogP) is 3.98. The maximum Gasteiger partial charge on any atom is 0.266 e. The highest BCUT2D eigenvalue weighted by atomic mass is 16.5. The van der Waals surface area contributed by atoms with Crippen LogP contribution in [0.15, 0.2) is 85.1 Å². The third-order valence-corrected chi connectivity index (χ3v) is 5.38. The molecule has 3 aromatic rings. The van der Waals surface area contributed by atoms with Crippen LogP contribution in [-0.2, 0) is 11.3 Å². The van der Waals surface area contributed by atoms with E-state index in [1.165, 1.54) is 0 Å². The maximum absolute atomic E-state index is 13.1. The zero-order chi connectivity index (χ0) is 20.6. The summed E-state index contributed by atoms with van der Waals surface area (Å²) >= 11 is 0. The number of carbonyl (C=O) groups excluding carboxylic acids is 1. The quantitative estimate of drug-likeness (QED) is 0.651. The van der Waals surface area contributed by atoms with Crippen LogP contribution in [0, 0.1) is 0 Å². The maximum atomic E-state index is 13.1. The molecule has 0 saturated carbocycles. The zero-order valence-electron chi connectivity index (χ0n) is 17.0. The number of rotatable bonds is 7. The van der Waals surface area contributed by atoms with E-state index in [-0.39, 0.29) is 11.9 Å². The van der Waals surface area contributed by atoms with E-state index in [0.29, 0.717) is 5.75 Å². The van der Waals surface area contributed by atoms with Crippen LogP contribution >= 0.6 is 0 Å². The number of ether oxygens (including phenoxy) is 1. The summed E-state index contributed by atoms with van der Waals surface area (Å²) in [6.07, 6.45) is 3.01. The Morgan fingerprint density at radius 1 is 0.967 bits per heavy atom. The molecule has 0 aliphatic carbocycles. The van der Waals surface area contributed by atoms with Crippen LogP contribution in [0.4, 0.5) is 0 Å². The Morgan fingerprint density at radius 2 is 1.63 bits per heavy atom. The third-order valence-electron chi connectivity index (χ3n) is 5.38. The topological polar surface area (TPSA) is 54.5 Å². The second-order valence-corrected chi connectivity index (χ2v) is 7.60. The van der Waals surface area contributed by atoms with Crippen molar-refractivity contribution >= 4 is 5.91 Å². The minimum absolute atomic E-state index is 0.0896. The average molecular weight is 402 g/mol. The van der Waals surface area contributed by atoms with E-state index in [1.807, 2.05) is 79.0 Å². The van der Waals surface area contributed by atoms with Gasteiger partial charge in [-0.05, 0) is 37.1 Å². The zero-order valence-corrected chi connectivity index (χ0v) is 17.0. The van der Waals surface area contributed by atoms with E-state index < -0.39 is 6.10 Å². The van der Waals surface area contributed by atoms with Crippen molar-refractivity contribution in [3.05, 3.63) is 96.3 Å². The van der Waals surface area contributed by atoms with Crippen molar-refractivity contribution in [2.24, 2.45) is 0 Å². The number of hydrogen-bond donors (Lipinski definition) is 1. The molecular weight excluding hydrogens is 374 g/mol. The Hall–Kier alpha value is -3.18. The van der Waals surface area contributed by atoms with Crippen molar-refractivity contribution in [2.45, 2.75) is 31.5 Å². The Morgan fingerprint density at radius 3 is 2.30 bits per heavy atom. The van der Waals surface area contributed by atoms with Gasteiger partial charge >= 0.3 is 0 Å². The Bertz CT molecular complexity index is 911. The van der Waals surface area contributed by atoms with Crippen LogP contribution in [-0.4, -0.2) is 34.9 Å². The van der Waals surface area contributed by atoms with E-state index in [9.17, 15) is 4.79 Å². The van der Waals surface area contributed by atoms with Crippen LogP contribution in [0.25, 0.3) is 0 Å². The molecule has 1 amide bonds. The van der Waals surface area contributed by atoms with Gasteiger partial charge in [-0.3, -0.25) is 14.7 Å². The first-order valence-corrected chi connectivity index (χ1v) is 10.5. The van der Waals surface area contributed by atoms with Gasteiger partial charge in [0.25, 0.3) is 5.91 Å². The summed E-state index contributed by atoms with van der Waals surface area (Å²) < 4.78 is 6.07. The van der Waals surface area contributed by atoms with Gasteiger partial charge in [0.1, 0.15) is 5.75 Å². The number of likely N-dealkylation sites (tertiary alicyclic amines) is 1.